The van der Waals surface area contributed by atoms with Crippen LogP contribution in [0.15, 0.2) is 29.3 Å². The predicted molar refractivity (Wildman–Crippen MR) is 62.1 cm³/mol. The molecule has 0 spiro atoms. The van der Waals surface area contributed by atoms with Crippen molar-refractivity contribution in [3.05, 3.63) is 35.4 Å². The minimum absolute atomic E-state index is 0.0521. The van der Waals surface area contributed by atoms with Crippen molar-refractivity contribution >= 4 is 11.7 Å². The Morgan fingerprint density at radius 2 is 2.31 bits per heavy atom. The molecule has 84 valence electrons. The van der Waals surface area contributed by atoms with E-state index in [9.17, 15) is 4.79 Å². The van der Waals surface area contributed by atoms with Crippen molar-refractivity contribution in [1.29, 1.82) is 0 Å². The molecule has 1 heterocycles. The van der Waals surface area contributed by atoms with Gasteiger partial charge in [-0.3, -0.25) is 4.79 Å². The van der Waals surface area contributed by atoms with Gasteiger partial charge in [0.1, 0.15) is 6.61 Å². The topological polar surface area (TPSA) is 50.7 Å². The van der Waals surface area contributed by atoms with Gasteiger partial charge in [0, 0.05) is 11.1 Å². The Hall–Kier alpha value is -1.68. The highest BCUT2D eigenvalue weighted by molar-refractivity contribution is 6.09. The number of ketones is 1. The van der Waals surface area contributed by atoms with E-state index in [0.29, 0.717) is 31.2 Å². The third-order valence-electron chi connectivity index (χ3n) is 2.38. The molecule has 1 aliphatic heterocycles. The van der Waals surface area contributed by atoms with Crippen LogP contribution < -0.4 is 5.32 Å². The lowest BCUT2D eigenvalue weighted by Gasteiger charge is -2.07. The number of likely N-dealkylation sites (N-methyl/N-ethyl adjacent to an activating group) is 1. The molecule has 0 saturated carbocycles. The van der Waals surface area contributed by atoms with Gasteiger partial charge in [0.05, 0.1) is 13.1 Å². The number of hydrogen-bond acceptors (Lipinski definition) is 4. The molecule has 1 aromatic rings. The number of ether oxygens (including phenoxy) is 1. The average molecular weight is 218 g/mol. The molecule has 0 aromatic heterocycles. The Bertz CT molecular complexity index is 427. The van der Waals surface area contributed by atoms with Crippen LogP contribution in [0.5, 0.6) is 0 Å². The molecule has 0 fully saturated rings. The second kappa shape index (κ2) is 4.90. The van der Waals surface area contributed by atoms with Crippen molar-refractivity contribution in [2.24, 2.45) is 4.99 Å². The van der Waals surface area contributed by atoms with Gasteiger partial charge >= 0.3 is 0 Å². The van der Waals surface area contributed by atoms with Gasteiger partial charge in [-0.05, 0) is 13.1 Å². The highest BCUT2D eigenvalue weighted by Gasteiger charge is 2.17. The second-order valence-electron chi connectivity index (χ2n) is 3.53. The minimum Gasteiger partial charge on any atom is -0.475 e. The van der Waals surface area contributed by atoms with Crippen molar-refractivity contribution in [2.75, 3.05) is 26.7 Å². The monoisotopic (exact) mass is 218 g/mol. The molecule has 0 aliphatic carbocycles. The number of nitrogens with one attached hydrogen (secondary N) is 1. The fraction of sp³-hybridized carbons (Fsp3) is 0.333. The molecular weight excluding hydrogens is 204 g/mol. The van der Waals surface area contributed by atoms with Crippen LogP contribution in [0.2, 0.25) is 0 Å². The number of nitrogens with zero attached hydrogens (tertiary/aromatic N) is 1. The minimum atomic E-state index is 0.0521. The summed E-state index contributed by atoms with van der Waals surface area (Å²) in [6.07, 6.45) is 0. The second-order valence-corrected chi connectivity index (χ2v) is 3.53. The molecule has 16 heavy (non-hydrogen) atoms. The molecule has 4 heteroatoms. The van der Waals surface area contributed by atoms with Crippen molar-refractivity contribution < 1.29 is 9.53 Å². The summed E-state index contributed by atoms with van der Waals surface area (Å²) in [5.41, 5.74) is 1.46. The zero-order valence-corrected chi connectivity index (χ0v) is 9.19. The molecule has 4 nitrogen and oxygen atoms in total. The van der Waals surface area contributed by atoms with Gasteiger partial charge in [-0.15, -0.1) is 0 Å². The van der Waals surface area contributed by atoms with Gasteiger partial charge in [0.2, 0.25) is 5.90 Å². The van der Waals surface area contributed by atoms with E-state index in [1.54, 1.807) is 13.1 Å². The van der Waals surface area contributed by atoms with Crippen LogP contribution in [0.25, 0.3) is 0 Å². The maximum atomic E-state index is 11.8. The third kappa shape index (κ3) is 2.12. The van der Waals surface area contributed by atoms with Gasteiger partial charge in [0.25, 0.3) is 0 Å². The van der Waals surface area contributed by atoms with E-state index in [4.69, 9.17) is 4.74 Å². The van der Waals surface area contributed by atoms with Gasteiger partial charge < -0.3 is 10.1 Å². The van der Waals surface area contributed by atoms with Crippen LogP contribution in [0.3, 0.4) is 0 Å². The maximum Gasteiger partial charge on any atom is 0.217 e. The molecule has 1 N–H and O–H groups in total. The zero-order valence-electron chi connectivity index (χ0n) is 9.19. The maximum absolute atomic E-state index is 11.8. The van der Waals surface area contributed by atoms with Crippen LogP contribution >= 0.6 is 0 Å². The highest BCUT2D eigenvalue weighted by Crippen LogP contribution is 2.14. The largest absolute Gasteiger partial charge is 0.475 e. The van der Waals surface area contributed by atoms with Gasteiger partial charge in [0.15, 0.2) is 5.78 Å². The van der Waals surface area contributed by atoms with Gasteiger partial charge in [-0.2, -0.15) is 0 Å². The molecule has 2 rings (SSSR count). The van der Waals surface area contributed by atoms with Crippen LogP contribution in [-0.2, 0) is 4.74 Å². The average Bonchev–Trinajstić information content (AvgIpc) is 2.83. The molecule has 1 aromatic carbocycles. The standard InChI is InChI=1S/C12H14N2O2/c1-13-8-11(15)9-4-2-3-5-10(9)12-14-6-7-16-12/h2-5,13H,6-8H2,1H3. The summed E-state index contributed by atoms with van der Waals surface area (Å²) in [6.45, 7) is 1.60. The molecule has 0 amide bonds. The number of hydrogen-bond donors (Lipinski definition) is 1. The summed E-state index contributed by atoms with van der Waals surface area (Å²) in [5.74, 6) is 0.636. The normalized spacial score (nSPS) is 14.4. The number of Topliss-reactive ketones (excluding diaryl/α,β-unsaturated/α-hetero) is 1. The van der Waals surface area contributed by atoms with E-state index in [2.05, 4.69) is 10.3 Å². The number of carbonyl (C=O) groups is 1. The lowest BCUT2D eigenvalue weighted by atomic mass is 10.0. The summed E-state index contributed by atoms with van der Waals surface area (Å²) in [6, 6.07) is 7.41. The highest BCUT2D eigenvalue weighted by atomic mass is 16.5. The first-order chi connectivity index (χ1) is 7.83. The summed E-state index contributed by atoms with van der Waals surface area (Å²) in [5, 5.41) is 2.85. The Kier molecular flexibility index (Phi) is 3.31. The van der Waals surface area contributed by atoms with Crippen molar-refractivity contribution in [3.63, 3.8) is 0 Å². The molecule has 0 radical (unpaired) electrons. The first kappa shape index (κ1) is 10.8. The lowest BCUT2D eigenvalue weighted by Crippen LogP contribution is -2.21. The first-order valence-electron chi connectivity index (χ1n) is 5.27. The third-order valence-corrected chi connectivity index (χ3v) is 2.38. The van der Waals surface area contributed by atoms with E-state index in [-0.39, 0.29) is 5.78 Å². The number of benzene rings is 1. The summed E-state index contributed by atoms with van der Waals surface area (Å²) in [7, 11) is 1.75. The molecule has 0 unspecified atom stereocenters. The van der Waals surface area contributed by atoms with E-state index in [1.165, 1.54) is 0 Å². The smallest absolute Gasteiger partial charge is 0.217 e. The van der Waals surface area contributed by atoms with Crippen LogP contribution in [0.1, 0.15) is 15.9 Å². The van der Waals surface area contributed by atoms with E-state index >= 15 is 0 Å². The Morgan fingerprint density at radius 1 is 1.50 bits per heavy atom. The predicted octanol–water partition coefficient (Wildman–Crippen LogP) is 0.866. The van der Waals surface area contributed by atoms with Crippen molar-refractivity contribution in [3.8, 4) is 0 Å². The lowest BCUT2D eigenvalue weighted by molar-refractivity contribution is 0.0993. The molecule has 0 saturated heterocycles. The van der Waals surface area contributed by atoms with E-state index in [1.807, 2.05) is 18.2 Å². The summed E-state index contributed by atoms with van der Waals surface area (Å²) < 4.78 is 5.39. The Balaban J connectivity index is 2.33. The van der Waals surface area contributed by atoms with Crippen LogP contribution in [0, 0.1) is 0 Å². The number of rotatable bonds is 4. The van der Waals surface area contributed by atoms with Gasteiger partial charge in [-0.1, -0.05) is 18.2 Å². The van der Waals surface area contributed by atoms with Crippen molar-refractivity contribution in [2.45, 2.75) is 0 Å². The quantitative estimate of drug-likeness (QED) is 0.763. The molecular formula is C12H14N2O2. The summed E-state index contributed by atoms with van der Waals surface area (Å²) >= 11 is 0. The van der Waals surface area contributed by atoms with Gasteiger partial charge in [-0.25, -0.2) is 4.99 Å². The summed E-state index contributed by atoms with van der Waals surface area (Å²) in [4.78, 5) is 16.1. The van der Waals surface area contributed by atoms with Crippen LogP contribution in [0.4, 0.5) is 0 Å². The Morgan fingerprint density at radius 3 is 3.00 bits per heavy atom. The first-order valence-corrected chi connectivity index (χ1v) is 5.27. The zero-order chi connectivity index (χ0) is 11.4. The Labute approximate surface area is 94.3 Å². The molecule has 0 atom stereocenters. The fourth-order valence-corrected chi connectivity index (χ4v) is 1.67. The van der Waals surface area contributed by atoms with Crippen LogP contribution in [-0.4, -0.2) is 38.4 Å². The van der Waals surface area contributed by atoms with E-state index in [0.717, 1.165) is 5.56 Å². The molecule has 0 bridgehead atoms. The fourth-order valence-electron chi connectivity index (χ4n) is 1.67. The SMILES string of the molecule is CNCC(=O)c1ccccc1C1=NCCO1. The molecule has 1 aliphatic rings. The number of aliphatic imine (C=N–C) groups is 1. The number of carbonyl (C=O) groups excluding carboxylic acids is 1. The van der Waals surface area contributed by atoms with Crippen molar-refractivity contribution in [1.82, 2.24) is 5.32 Å². The van der Waals surface area contributed by atoms with E-state index < -0.39 is 0 Å².